The van der Waals surface area contributed by atoms with Gasteiger partial charge in [0, 0.05) is 45.0 Å². The summed E-state index contributed by atoms with van der Waals surface area (Å²) in [4.78, 5) is 30.5. The Labute approximate surface area is 226 Å². The maximum Gasteiger partial charge on any atom is 0.230 e. The minimum Gasteiger partial charge on any atom is -0.377 e. The topological polar surface area (TPSA) is 52.7 Å². The fraction of sp³-hybridized carbons (Fsp3) is 0.375. The molecule has 1 atom stereocenters. The van der Waals surface area contributed by atoms with Crippen molar-refractivity contribution in [2.45, 2.75) is 59.5 Å². The van der Waals surface area contributed by atoms with Crippen LogP contribution in [0.4, 0.5) is 15.8 Å². The van der Waals surface area contributed by atoms with E-state index in [4.69, 9.17) is 0 Å². The molecule has 6 heteroatoms. The van der Waals surface area contributed by atoms with Gasteiger partial charge in [-0.25, -0.2) is 4.39 Å². The van der Waals surface area contributed by atoms with E-state index < -0.39 is 0 Å². The zero-order chi connectivity index (χ0) is 27.9. The molecule has 0 heterocycles. The van der Waals surface area contributed by atoms with Crippen LogP contribution in [0.5, 0.6) is 0 Å². The fourth-order valence-corrected chi connectivity index (χ4v) is 4.60. The van der Waals surface area contributed by atoms with Crippen molar-refractivity contribution in [3.8, 4) is 0 Å². The first-order valence-electron chi connectivity index (χ1n) is 13.1. The van der Waals surface area contributed by atoms with Crippen molar-refractivity contribution in [1.82, 2.24) is 4.90 Å². The van der Waals surface area contributed by atoms with Crippen LogP contribution in [0.15, 0.2) is 72.8 Å². The van der Waals surface area contributed by atoms with E-state index in [-0.39, 0.29) is 29.0 Å². The number of rotatable bonds is 10. The molecular weight excluding hydrogens is 477 g/mol. The molecule has 3 aromatic rings. The third-order valence-electron chi connectivity index (χ3n) is 6.40. The molecule has 0 aliphatic rings. The third-order valence-corrected chi connectivity index (χ3v) is 6.40. The van der Waals surface area contributed by atoms with Gasteiger partial charge in [-0.2, -0.15) is 0 Å². The zero-order valence-corrected chi connectivity index (χ0v) is 23.4. The summed E-state index contributed by atoms with van der Waals surface area (Å²) in [5.74, 6) is -0.643. The Kier molecular flexibility index (Phi) is 9.67. The third kappa shape index (κ3) is 8.17. The quantitative estimate of drug-likeness (QED) is 0.315. The molecule has 0 aliphatic carbocycles. The van der Waals surface area contributed by atoms with Gasteiger partial charge in [0.1, 0.15) is 5.82 Å². The van der Waals surface area contributed by atoms with Crippen LogP contribution in [0, 0.1) is 11.2 Å². The number of benzene rings is 3. The highest BCUT2D eigenvalue weighted by atomic mass is 19.1. The van der Waals surface area contributed by atoms with Crippen molar-refractivity contribution in [3.05, 3.63) is 95.3 Å². The Morgan fingerprint density at radius 3 is 2.16 bits per heavy atom. The van der Waals surface area contributed by atoms with Crippen molar-refractivity contribution in [1.29, 1.82) is 0 Å². The number of carbonyl (C=O) groups excluding carboxylic acids is 2. The van der Waals surface area contributed by atoms with Crippen LogP contribution in [0.3, 0.4) is 0 Å². The molecule has 3 aromatic carbocycles. The van der Waals surface area contributed by atoms with Crippen LogP contribution >= 0.6 is 0 Å². The van der Waals surface area contributed by atoms with E-state index in [1.165, 1.54) is 12.1 Å². The van der Waals surface area contributed by atoms with E-state index in [9.17, 15) is 14.0 Å². The van der Waals surface area contributed by atoms with Gasteiger partial charge in [-0.1, -0.05) is 70.2 Å². The highest BCUT2D eigenvalue weighted by Gasteiger charge is 2.26. The van der Waals surface area contributed by atoms with Gasteiger partial charge in [-0.05, 0) is 58.9 Å². The molecule has 1 N–H and O–H groups in total. The molecule has 0 bridgehead atoms. The SMILES string of the molecule is CC[C@@H](C(=O)N(Cc1ccc(F)cc1)Cc1cc(NC(=O)CC(C)(C)C)ccc1N(C)C)c1ccccc1. The summed E-state index contributed by atoms with van der Waals surface area (Å²) in [6.07, 6.45) is 1.06. The molecule has 0 aliphatic heterocycles. The number of nitrogens with one attached hydrogen (secondary N) is 1. The Balaban J connectivity index is 1.97. The van der Waals surface area contributed by atoms with Crippen LogP contribution in [0.1, 0.15) is 63.1 Å². The number of anilines is 2. The van der Waals surface area contributed by atoms with E-state index in [1.807, 2.05) is 100 Å². The second kappa shape index (κ2) is 12.7. The molecule has 3 rings (SSSR count). The van der Waals surface area contributed by atoms with Crippen molar-refractivity contribution in [2.24, 2.45) is 5.41 Å². The lowest BCUT2D eigenvalue weighted by atomic mass is 9.92. The lowest BCUT2D eigenvalue weighted by Gasteiger charge is -2.29. The first-order chi connectivity index (χ1) is 18.0. The minimum atomic E-state index is -0.309. The van der Waals surface area contributed by atoms with Crippen molar-refractivity contribution in [2.75, 3.05) is 24.3 Å². The molecule has 0 fully saturated rings. The van der Waals surface area contributed by atoms with Crippen LogP contribution in [-0.2, 0) is 22.7 Å². The van der Waals surface area contributed by atoms with E-state index in [0.717, 1.165) is 22.4 Å². The van der Waals surface area contributed by atoms with Gasteiger partial charge in [-0.15, -0.1) is 0 Å². The lowest BCUT2D eigenvalue weighted by Crippen LogP contribution is -2.34. The lowest BCUT2D eigenvalue weighted by molar-refractivity contribution is -0.134. The summed E-state index contributed by atoms with van der Waals surface area (Å²) >= 11 is 0. The normalized spacial score (nSPS) is 12.1. The highest BCUT2D eigenvalue weighted by molar-refractivity contribution is 5.91. The maximum atomic E-state index is 14.0. The van der Waals surface area contributed by atoms with Crippen LogP contribution in [0.25, 0.3) is 0 Å². The Bertz CT molecular complexity index is 1220. The Morgan fingerprint density at radius 1 is 0.921 bits per heavy atom. The fourth-order valence-electron chi connectivity index (χ4n) is 4.60. The van der Waals surface area contributed by atoms with Crippen LogP contribution in [0.2, 0.25) is 0 Å². The van der Waals surface area contributed by atoms with Gasteiger partial charge in [0.2, 0.25) is 11.8 Å². The first-order valence-corrected chi connectivity index (χ1v) is 13.1. The molecule has 0 spiro atoms. The van der Waals surface area contributed by atoms with Crippen LogP contribution in [-0.4, -0.2) is 30.8 Å². The van der Waals surface area contributed by atoms with E-state index >= 15 is 0 Å². The largest absolute Gasteiger partial charge is 0.377 e. The number of carbonyl (C=O) groups is 2. The molecule has 0 saturated heterocycles. The average molecular weight is 518 g/mol. The molecule has 0 radical (unpaired) electrons. The Hall–Kier alpha value is -3.67. The second-order valence-corrected chi connectivity index (χ2v) is 11.2. The minimum absolute atomic E-state index is 0.00917. The highest BCUT2D eigenvalue weighted by Crippen LogP contribution is 2.29. The van der Waals surface area contributed by atoms with Gasteiger partial charge < -0.3 is 15.1 Å². The van der Waals surface area contributed by atoms with Gasteiger partial charge in [0.25, 0.3) is 0 Å². The smallest absolute Gasteiger partial charge is 0.230 e. The summed E-state index contributed by atoms with van der Waals surface area (Å²) in [5, 5.41) is 3.02. The number of amides is 2. The number of halogens is 1. The summed E-state index contributed by atoms with van der Waals surface area (Å²) in [6, 6.07) is 21.9. The number of nitrogens with zero attached hydrogens (tertiary/aromatic N) is 2. The molecule has 0 unspecified atom stereocenters. The van der Waals surface area contributed by atoms with Crippen LogP contribution < -0.4 is 10.2 Å². The van der Waals surface area contributed by atoms with Gasteiger partial charge in [0.15, 0.2) is 0 Å². The monoisotopic (exact) mass is 517 g/mol. The molecule has 0 saturated carbocycles. The van der Waals surface area contributed by atoms with E-state index in [2.05, 4.69) is 5.32 Å². The second-order valence-electron chi connectivity index (χ2n) is 11.2. The first kappa shape index (κ1) is 28.9. The Morgan fingerprint density at radius 2 is 1.58 bits per heavy atom. The summed E-state index contributed by atoms with van der Waals surface area (Å²) < 4.78 is 13.6. The maximum absolute atomic E-state index is 14.0. The molecule has 0 aromatic heterocycles. The summed E-state index contributed by atoms with van der Waals surface area (Å²) in [5.41, 5.74) is 4.28. The van der Waals surface area contributed by atoms with Gasteiger partial charge in [0.05, 0.1) is 5.92 Å². The van der Waals surface area contributed by atoms with E-state index in [0.29, 0.717) is 31.6 Å². The van der Waals surface area contributed by atoms with E-state index in [1.54, 1.807) is 12.1 Å². The van der Waals surface area contributed by atoms with Crippen molar-refractivity contribution < 1.29 is 14.0 Å². The molecule has 38 heavy (non-hydrogen) atoms. The van der Waals surface area contributed by atoms with Crippen molar-refractivity contribution in [3.63, 3.8) is 0 Å². The molecular formula is C32H40FN3O2. The zero-order valence-electron chi connectivity index (χ0n) is 23.4. The number of hydrogen-bond acceptors (Lipinski definition) is 3. The predicted octanol–water partition coefficient (Wildman–Crippen LogP) is 6.99. The molecule has 202 valence electrons. The summed E-state index contributed by atoms with van der Waals surface area (Å²) in [7, 11) is 3.92. The summed E-state index contributed by atoms with van der Waals surface area (Å²) in [6.45, 7) is 8.79. The standard InChI is InChI=1S/C32H40FN3O2/c1-7-28(24-11-9-8-10-12-24)31(38)36(21-23-13-15-26(33)16-14-23)22-25-19-27(17-18-29(25)35(5)6)34-30(37)20-32(2,3)4/h8-19,28H,7,20-22H2,1-6H3,(H,34,37)/t28-/m1/s1. The van der Waals surface area contributed by atoms with Crippen molar-refractivity contribution >= 4 is 23.2 Å². The van der Waals surface area contributed by atoms with Gasteiger partial charge in [-0.3, -0.25) is 9.59 Å². The predicted molar refractivity (Wildman–Crippen MR) is 154 cm³/mol. The average Bonchev–Trinajstić information content (AvgIpc) is 2.85. The van der Waals surface area contributed by atoms with Gasteiger partial charge >= 0.3 is 0 Å². The molecule has 2 amide bonds. The molecule has 5 nitrogen and oxygen atoms in total. The number of hydrogen-bond donors (Lipinski definition) is 1.